The van der Waals surface area contributed by atoms with Crippen molar-refractivity contribution < 1.29 is 9.59 Å². The number of nitrogens with one attached hydrogen (secondary N) is 2. The van der Waals surface area contributed by atoms with Crippen molar-refractivity contribution in [1.82, 2.24) is 15.5 Å². The Morgan fingerprint density at radius 2 is 1.72 bits per heavy atom. The van der Waals surface area contributed by atoms with Crippen LogP contribution in [0.1, 0.15) is 48.9 Å². The van der Waals surface area contributed by atoms with Crippen molar-refractivity contribution in [2.75, 3.05) is 26.2 Å². The molecule has 0 radical (unpaired) electrons. The van der Waals surface area contributed by atoms with Crippen LogP contribution in [0.15, 0.2) is 30.3 Å². The smallest absolute Gasteiger partial charge is 0.251 e. The molecule has 2 saturated heterocycles. The van der Waals surface area contributed by atoms with Crippen LogP contribution in [0.2, 0.25) is 0 Å². The van der Waals surface area contributed by atoms with E-state index < -0.39 is 0 Å². The number of piperidine rings is 2. The summed E-state index contributed by atoms with van der Waals surface area (Å²) in [7, 11) is 0. The fraction of sp³-hybridized carbons (Fsp3) is 0.600. The van der Waals surface area contributed by atoms with Crippen LogP contribution in [0, 0.1) is 5.92 Å². The number of hydrogen-bond acceptors (Lipinski definition) is 3. The van der Waals surface area contributed by atoms with Gasteiger partial charge in [-0.25, -0.2) is 0 Å². The average molecular weight is 343 g/mol. The van der Waals surface area contributed by atoms with Crippen molar-refractivity contribution in [1.29, 1.82) is 0 Å². The number of amides is 2. The molecule has 5 nitrogen and oxygen atoms in total. The van der Waals surface area contributed by atoms with Crippen LogP contribution in [0.3, 0.4) is 0 Å². The van der Waals surface area contributed by atoms with Crippen molar-refractivity contribution in [2.45, 2.75) is 44.6 Å². The van der Waals surface area contributed by atoms with E-state index in [9.17, 15) is 9.59 Å². The lowest BCUT2D eigenvalue weighted by molar-refractivity contribution is -0.132. The van der Waals surface area contributed by atoms with Gasteiger partial charge in [0.2, 0.25) is 5.91 Å². The van der Waals surface area contributed by atoms with Gasteiger partial charge in [0.1, 0.15) is 0 Å². The lowest BCUT2D eigenvalue weighted by atomic mass is 9.93. The molecule has 2 aliphatic heterocycles. The zero-order chi connectivity index (χ0) is 17.5. The van der Waals surface area contributed by atoms with Gasteiger partial charge in [-0.3, -0.25) is 9.59 Å². The average Bonchev–Trinajstić information content (AvgIpc) is 2.68. The van der Waals surface area contributed by atoms with Gasteiger partial charge in [-0.1, -0.05) is 18.2 Å². The Morgan fingerprint density at radius 3 is 2.40 bits per heavy atom. The summed E-state index contributed by atoms with van der Waals surface area (Å²) in [5.41, 5.74) is 0.697. The highest BCUT2D eigenvalue weighted by Gasteiger charge is 2.24. The molecule has 2 amide bonds. The van der Waals surface area contributed by atoms with Gasteiger partial charge in [-0.2, -0.15) is 0 Å². The minimum Gasteiger partial charge on any atom is -0.349 e. The molecule has 1 aromatic carbocycles. The molecule has 136 valence electrons. The first-order chi connectivity index (χ1) is 12.2. The van der Waals surface area contributed by atoms with Crippen LogP contribution >= 0.6 is 0 Å². The predicted molar refractivity (Wildman–Crippen MR) is 98.3 cm³/mol. The Bertz CT molecular complexity index is 562. The van der Waals surface area contributed by atoms with E-state index in [-0.39, 0.29) is 17.9 Å². The first kappa shape index (κ1) is 17.9. The van der Waals surface area contributed by atoms with Crippen LogP contribution in [-0.2, 0) is 4.79 Å². The lowest BCUT2D eigenvalue weighted by Gasteiger charge is -2.33. The molecule has 0 bridgehead atoms. The quantitative estimate of drug-likeness (QED) is 0.861. The summed E-state index contributed by atoms with van der Waals surface area (Å²) in [5, 5.41) is 6.46. The third kappa shape index (κ3) is 5.30. The molecular weight excluding hydrogens is 314 g/mol. The molecule has 5 heteroatoms. The number of rotatable bonds is 5. The van der Waals surface area contributed by atoms with Crippen molar-refractivity contribution in [3.63, 3.8) is 0 Å². The second-order valence-corrected chi connectivity index (χ2v) is 7.23. The summed E-state index contributed by atoms with van der Waals surface area (Å²) in [6.45, 7) is 3.69. The fourth-order valence-corrected chi connectivity index (χ4v) is 3.79. The molecule has 3 rings (SSSR count). The molecule has 25 heavy (non-hydrogen) atoms. The summed E-state index contributed by atoms with van der Waals surface area (Å²) >= 11 is 0. The summed E-state index contributed by atoms with van der Waals surface area (Å²) in [6.07, 6.45) is 5.77. The Balaban J connectivity index is 1.37. The van der Waals surface area contributed by atoms with Crippen LogP contribution < -0.4 is 10.6 Å². The highest BCUT2D eigenvalue weighted by Crippen LogP contribution is 2.19. The molecule has 0 aromatic heterocycles. The normalized spacial score (nSPS) is 19.6. The molecule has 2 aliphatic rings. The Hall–Kier alpha value is -1.88. The summed E-state index contributed by atoms with van der Waals surface area (Å²) < 4.78 is 0. The van der Waals surface area contributed by atoms with Gasteiger partial charge in [0.05, 0.1) is 0 Å². The lowest BCUT2D eigenvalue weighted by Crippen LogP contribution is -2.46. The summed E-state index contributed by atoms with van der Waals surface area (Å²) in [4.78, 5) is 26.6. The topological polar surface area (TPSA) is 61.4 Å². The minimum atomic E-state index is -0.0173. The summed E-state index contributed by atoms with van der Waals surface area (Å²) in [5.74, 6) is 0.968. The standard InChI is InChI=1S/C20H29N3O2/c24-19(7-6-16-8-12-21-13-9-16)23-14-10-18(11-15-23)22-20(25)17-4-2-1-3-5-17/h1-5,16,18,21H,6-15H2,(H,22,25). The van der Waals surface area contributed by atoms with Crippen molar-refractivity contribution >= 4 is 11.8 Å². The number of carbonyl (C=O) groups excluding carboxylic acids is 2. The second-order valence-electron chi connectivity index (χ2n) is 7.23. The van der Waals surface area contributed by atoms with E-state index in [4.69, 9.17) is 0 Å². The first-order valence-electron chi connectivity index (χ1n) is 9.57. The SMILES string of the molecule is O=C(NC1CCN(C(=O)CCC2CCNCC2)CC1)c1ccccc1. The van der Waals surface area contributed by atoms with Gasteiger partial charge < -0.3 is 15.5 Å². The molecule has 2 heterocycles. The Kier molecular flexibility index (Phi) is 6.45. The van der Waals surface area contributed by atoms with Crippen LogP contribution in [0.5, 0.6) is 0 Å². The first-order valence-corrected chi connectivity index (χ1v) is 9.57. The van der Waals surface area contributed by atoms with Crippen LogP contribution in [0.4, 0.5) is 0 Å². The highest BCUT2D eigenvalue weighted by molar-refractivity contribution is 5.94. The van der Waals surface area contributed by atoms with Crippen LogP contribution in [0.25, 0.3) is 0 Å². The highest BCUT2D eigenvalue weighted by atomic mass is 16.2. The van der Waals surface area contributed by atoms with Crippen molar-refractivity contribution in [3.05, 3.63) is 35.9 Å². The van der Waals surface area contributed by atoms with Gasteiger partial charge in [0.25, 0.3) is 5.91 Å². The van der Waals surface area contributed by atoms with Gasteiger partial charge in [0, 0.05) is 31.1 Å². The van der Waals surface area contributed by atoms with Crippen LogP contribution in [-0.4, -0.2) is 48.9 Å². The monoisotopic (exact) mass is 343 g/mol. The number of carbonyl (C=O) groups is 2. The maximum absolute atomic E-state index is 12.4. The number of hydrogen-bond donors (Lipinski definition) is 2. The molecular formula is C20H29N3O2. The van der Waals surface area contributed by atoms with E-state index in [2.05, 4.69) is 10.6 Å². The molecule has 0 saturated carbocycles. The molecule has 2 N–H and O–H groups in total. The van der Waals surface area contributed by atoms with Crippen molar-refractivity contribution in [2.24, 2.45) is 5.92 Å². The van der Waals surface area contributed by atoms with E-state index in [0.29, 0.717) is 17.9 Å². The van der Waals surface area contributed by atoms with Gasteiger partial charge in [0.15, 0.2) is 0 Å². The number of benzene rings is 1. The van der Waals surface area contributed by atoms with E-state index in [1.165, 1.54) is 12.8 Å². The zero-order valence-electron chi connectivity index (χ0n) is 14.9. The van der Waals surface area contributed by atoms with E-state index in [0.717, 1.165) is 45.4 Å². The maximum atomic E-state index is 12.4. The van der Waals surface area contributed by atoms with Gasteiger partial charge >= 0.3 is 0 Å². The van der Waals surface area contributed by atoms with E-state index >= 15 is 0 Å². The molecule has 0 unspecified atom stereocenters. The largest absolute Gasteiger partial charge is 0.349 e. The zero-order valence-corrected chi connectivity index (χ0v) is 14.9. The van der Waals surface area contributed by atoms with Gasteiger partial charge in [-0.05, 0) is 63.2 Å². The molecule has 2 fully saturated rings. The molecule has 0 spiro atoms. The van der Waals surface area contributed by atoms with E-state index in [1.54, 1.807) is 0 Å². The molecule has 1 aromatic rings. The number of nitrogens with zero attached hydrogens (tertiary/aromatic N) is 1. The van der Waals surface area contributed by atoms with Gasteiger partial charge in [-0.15, -0.1) is 0 Å². The Morgan fingerprint density at radius 1 is 1.04 bits per heavy atom. The fourth-order valence-electron chi connectivity index (χ4n) is 3.79. The second kappa shape index (κ2) is 8.99. The molecule has 0 atom stereocenters. The minimum absolute atomic E-state index is 0.0173. The number of likely N-dealkylation sites (tertiary alicyclic amines) is 1. The maximum Gasteiger partial charge on any atom is 0.251 e. The van der Waals surface area contributed by atoms with E-state index in [1.807, 2.05) is 35.2 Å². The third-order valence-electron chi connectivity index (χ3n) is 5.44. The van der Waals surface area contributed by atoms with Crippen molar-refractivity contribution in [3.8, 4) is 0 Å². The Labute approximate surface area is 150 Å². The predicted octanol–water partition coefficient (Wildman–Crippen LogP) is 2.19. The third-order valence-corrected chi connectivity index (χ3v) is 5.44. The summed E-state index contributed by atoms with van der Waals surface area (Å²) in [6, 6.07) is 9.48. The molecule has 0 aliphatic carbocycles.